The highest BCUT2D eigenvalue weighted by Gasteiger charge is 2.20. The van der Waals surface area contributed by atoms with Crippen molar-refractivity contribution >= 4 is 34.5 Å². The highest BCUT2D eigenvalue weighted by atomic mass is 35.5. The van der Waals surface area contributed by atoms with Crippen LogP contribution in [0.2, 0.25) is 5.15 Å². The van der Waals surface area contributed by atoms with E-state index < -0.39 is 5.97 Å². The molecule has 1 saturated carbocycles. The maximum absolute atomic E-state index is 12.3. The van der Waals surface area contributed by atoms with Crippen LogP contribution in [0.3, 0.4) is 0 Å². The van der Waals surface area contributed by atoms with Gasteiger partial charge in [0.2, 0.25) is 5.91 Å². The number of aromatic nitrogens is 6. The number of nitrogens with one attached hydrogen (secondary N) is 1. The maximum atomic E-state index is 12.3. The van der Waals surface area contributed by atoms with E-state index in [1.54, 1.807) is 0 Å². The molecule has 1 aliphatic rings. The number of fused-ring (bicyclic) bond motifs is 1. The van der Waals surface area contributed by atoms with Crippen LogP contribution in [0.15, 0.2) is 24.8 Å². The van der Waals surface area contributed by atoms with Crippen molar-refractivity contribution in [1.29, 1.82) is 0 Å². The van der Waals surface area contributed by atoms with Crippen molar-refractivity contribution in [2.75, 3.05) is 6.61 Å². The molecule has 158 valence electrons. The molecule has 30 heavy (non-hydrogen) atoms. The first-order valence-corrected chi connectivity index (χ1v) is 10.2. The molecule has 3 heterocycles. The molecule has 1 atom stereocenters. The molecule has 1 amide bonds. The Hall–Kier alpha value is -3.01. The number of hydrogen-bond acceptors (Lipinski definition) is 7. The van der Waals surface area contributed by atoms with Crippen molar-refractivity contribution in [3.63, 3.8) is 0 Å². The van der Waals surface area contributed by atoms with Crippen LogP contribution in [0, 0.1) is 0 Å². The minimum atomic E-state index is -0.573. The molecule has 0 spiro atoms. The fourth-order valence-electron chi connectivity index (χ4n) is 3.22. The number of carbonyl (C=O) groups is 2. The number of esters is 1. The number of halogens is 1. The average Bonchev–Trinajstić information content (AvgIpc) is 3.35. The van der Waals surface area contributed by atoms with Crippen molar-refractivity contribution < 1.29 is 14.3 Å². The number of carbonyl (C=O) groups excluding carboxylic acids is 2. The fraction of sp³-hybridized carbons (Fsp3) is 0.474. The molecule has 3 aromatic heterocycles. The molecule has 0 aliphatic heterocycles. The molecule has 1 unspecified atom stereocenters. The van der Waals surface area contributed by atoms with E-state index in [0.717, 1.165) is 18.2 Å². The third-order valence-electron chi connectivity index (χ3n) is 5.18. The molecule has 0 bridgehead atoms. The van der Waals surface area contributed by atoms with Crippen molar-refractivity contribution in [2.45, 2.75) is 51.2 Å². The van der Waals surface area contributed by atoms with E-state index >= 15 is 0 Å². The summed E-state index contributed by atoms with van der Waals surface area (Å²) < 4.78 is 8.72. The quantitative estimate of drug-likeness (QED) is 0.429. The van der Waals surface area contributed by atoms with E-state index in [-0.39, 0.29) is 30.7 Å². The molecule has 0 aromatic carbocycles. The van der Waals surface area contributed by atoms with Gasteiger partial charge in [-0.05, 0) is 32.3 Å². The molecule has 1 fully saturated rings. The average molecular weight is 432 g/mol. The Morgan fingerprint density at radius 1 is 1.37 bits per heavy atom. The predicted octanol–water partition coefficient (Wildman–Crippen LogP) is 2.15. The van der Waals surface area contributed by atoms with Gasteiger partial charge in [0.25, 0.3) is 0 Å². The highest BCUT2D eigenvalue weighted by molar-refractivity contribution is 6.33. The number of ether oxygens (including phenoxy) is 1. The van der Waals surface area contributed by atoms with E-state index in [2.05, 4.69) is 25.6 Å². The Balaban J connectivity index is 1.28. The Morgan fingerprint density at radius 3 is 2.97 bits per heavy atom. The number of nitrogens with zero attached hydrogens (tertiary/aromatic N) is 6. The summed E-state index contributed by atoms with van der Waals surface area (Å²) in [5, 5.41) is 11.8. The van der Waals surface area contributed by atoms with Crippen LogP contribution >= 0.6 is 11.6 Å². The minimum Gasteiger partial charge on any atom is -0.459 e. The summed E-state index contributed by atoms with van der Waals surface area (Å²) in [6, 6.07) is 1.96. The van der Waals surface area contributed by atoms with Crippen LogP contribution in [-0.2, 0) is 16.1 Å². The zero-order chi connectivity index (χ0) is 21.1. The van der Waals surface area contributed by atoms with Crippen LogP contribution in [0.1, 0.15) is 49.1 Å². The van der Waals surface area contributed by atoms with E-state index in [1.807, 2.05) is 23.8 Å². The van der Waals surface area contributed by atoms with Gasteiger partial charge in [-0.1, -0.05) is 16.8 Å². The molecule has 11 heteroatoms. The number of amides is 1. The van der Waals surface area contributed by atoms with Gasteiger partial charge in [0.05, 0.1) is 24.2 Å². The lowest BCUT2D eigenvalue weighted by atomic mass is 9.93. The minimum absolute atomic E-state index is 0.0176. The van der Waals surface area contributed by atoms with Gasteiger partial charge >= 0.3 is 5.97 Å². The van der Waals surface area contributed by atoms with Crippen molar-refractivity contribution in [2.24, 2.45) is 0 Å². The van der Waals surface area contributed by atoms with Gasteiger partial charge in [-0.25, -0.2) is 14.8 Å². The fourth-order valence-corrected chi connectivity index (χ4v) is 3.41. The summed E-state index contributed by atoms with van der Waals surface area (Å²) in [6.07, 6.45) is 8.25. The normalized spacial score (nSPS) is 15.0. The first-order chi connectivity index (χ1) is 14.5. The lowest BCUT2D eigenvalue weighted by molar-refractivity contribution is -0.122. The van der Waals surface area contributed by atoms with Crippen LogP contribution in [-0.4, -0.2) is 54.1 Å². The van der Waals surface area contributed by atoms with Crippen LogP contribution < -0.4 is 5.32 Å². The SMILES string of the molecule is CC(COC(=O)c1cn(CCC(=O)NC2CCC2)nn1)n1ccc2c(Cl)ncnc21. The van der Waals surface area contributed by atoms with Crippen LogP contribution in [0.25, 0.3) is 11.0 Å². The molecule has 10 nitrogen and oxygen atoms in total. The largest absolute Gasteiger partial charge is 0.459 e. The zero-order valence-corrected chi connectivity index (χ0v) is 17.2. The van der Waals surface area contributed by atoms with Gasteiger partial charge < -0.3 is 14.6 Å². The maximum Gasteiger partial charge on any atom is 0.360 e. The molecule has 0 saturated heterocycles. The second-order valence-electron chi connectivity index (χ2n) is 7.38. The lowest BCUT2D eigenvalue weighted by Gasteiger charge is -2.26. The van der Waals surface area contributed by atoms with E-state index in [0.29, 0.717) is 23.4 Å². The van der Waals surface area contributed by atoms with Gasteiger partial charge in [0.1, 0.15) is 23.7 Å². The molecule has 1 N–H and O–H groups in total. The Kier molecular flexibility index (Phi) is 5.93. The molecule has 3 aromatic rings. The summed E-state index contributed by atoms with van der Waals surface area (Å²) in [7, 11) is 0. The number of aryl methyl sites for hydroxylation is 1. The van der Waals surface area contributed by atoms with E-state index in [4.69, 9.17) is 16.3 Å². The summed E-state index contributed by atoms with van der Waals surface area (Å²) in [5.41, 5.74) is 0.772. The molecular formula is C19H22ClN7O3. The van der Waals surface area contributed by atoms with E-state index in [1.165, 1.54) is 23.6 Å². The summed E-state index contributed by atoms with van der Waals surface area (Å²) in [4.78, 5) is 32.4. The highest BCUT2D eigenvalue weighted by Crippen LogP contribution is 2.23. The molecule has 0 radical (unpaired) electrons. The lowest BCUT2D eigenvalue weighted by Crippen LogP contribution is -2.39. The number of hydrogen-bond donors (Lipinski definition) is 1. The first kappa shape index (κ1) is 20.3. The van der Waals surface area contributed by atoms with Gasteiger partial charge in [-0.15, -0.1) is 5.10 Å². The third kappa shape index (κ3) is 4.43. The molecule has 4 rings (SSSR count). The first-order valence-electron chi connectivity index (χ1n) is 9.85. The topological polar surface area (TPSA) is 117 Å². The second kappa shape index (κ2) is 8.78. The summed E-state index contributed by atoms with van der Waals surface area (Å²) >= 11 is 6.07. The molecular weight excluding hydrogens is 410 g/mol. The third-order valence-corrected chi connectivity index (χ3v) is 5.48. The van der Waals surface area contributed by atoms with Gasteiger partial charge in [0.15, 0.2) is 5.69 Å². The predicted molar refractivity (Wildman–Crippen MR) is 108 cm³/mol. The Morgan fingerprint density at radius 2 is 2.20 bits per heavy atom. The molecule has 1 aliphatic carbocycles. The van der Waals surface area contributed by atoms with Gasteiger partial charge in [0, 0.05) is 18.7 Å². The van der Waals surface area contributed by atoms with Gasteiger partial charge in [-0.2, -0.15) is 0 Å². The summed E-state index contributed by atoms with van der Waals surface area (Å²) in [6.45, 7) is 2.38. The Bertz CT molecular complexity index is 1060. The monoisotopic (exact) mass is 431 g/mol. The van der Waals surface area contributed by atoms with E-state index in [9.17, 15) is 9.59 Å². The van der Waals surface area contributed by atoms with Crippen molar-refractivity contribution in [3.8, 4) is 0 Å². The zero-order valence-electron chi connectivity index (χ0n) is 16.5. The second-order valence-corrected chi connectivity index (χ2v) is 7.74. The van der Waals surface area contributed by atoms with Crippen molar-refractivity contribution in [3.05, 3.63) is 35.6 Å². The van der Waals surface area contributed by atoms with Crippen LogP contribution in [0.5, 0.6) is 0 Å². The smallest absolute Gasteiger partial charge is 0.360 e. The Labute approximate surface area is 177 Å². The number of rotatable bonds is 8. The standard InChI is InChI=1S/C19H22ClN7O3/c1-12(27-8-5-14-17(20)21-11-22-18(14)27)10-30-19(29)15-9-26(25-24-15)7-6-16(28)23-13-3-2-4-13/h5,8-9,11-13H,2-4,6-7,10H2,1H3,(H,23,28). The van der Waals surface area contributed by atoms with Gasteiger partial charge in [-0.3, -0.25) is 9.48 Å². The van der Waals surface area contributed by atoms with Crippen molar-refractivity contribution in [1.82, 2.24) is 34.8 Å². The van der Waals surface area contributed by atoms with Crippen LogP contribution in [0.4, 0.5) is 0 Å². The summed E-state index contributed by atoms with van der Waals surface area (Å²) in [5.74, 6) is -0.591.